The molecule has 1 aromatic carbocycles. The lowest BCUT2D eigenvalue weighted by Crippen LogP contribution is -2.01. The molecule has 0 unspecified atom stereocenters. The van der Waals surface area contributed by atoms with Crippen LogP contribution < -0.4 is 9.47 Å². The zero-order chi connectivity index (χ0) is 12.4. The summed E-state index contributed by atoms with van der Waals surface area (Å²) in [7, 11) is 0. The highest BCUT2D eigenvalue weighted by Gasteiger charge is 2.23. The average molecular weight is 257 g/mol. The summed E-state index contributed by atoms with van der Waals surface area (Å²) in [4.78, 5) is 10.6. The number of ether oxygens (including phenoxy) is 2. The van der Waals surface area contributed by atoms with E-state index in [2.05, 4.69) is 0 Å². The number of aryl methyl sites for hydroxylation is 1. The van der Waals surface area contributed by atoms with E-state index >= 15 is 0 Å². The van der Waals surface area contributed by atoms with Crippen molar-refractivity contribution in [2.24, 2.45) is 0 Å². The van der Waals surface area contributed by atoms with Crippen molar-refractivity contribution in [2.75, 3.05) is 6.79 Å². The van der Waals surface area contributed by atoms with Crippen molar-refractivity contribution in [1.82, 2.24) is 0 Å². The van der Waals surface area contributed by atoms with Crippen molar-refractivity contribution in [1.29, 1.82) is 0 Å². The Hall–Kier alpha value is -1.42. The largest absolute Gasteiger partial charge is 0.481 e. The number of hydrogen-bond acceptors (Lipinski definition) is 3. The van der Waals surface area contributed by atoms with Gasteiger partial charge in [0.2, 0.25) is 6.79 Å². The third-order valence-electron chi connectivity index (χ3n) is 2.75. The first kappa shape index (κ1) is 12.0. The summed E-state index contributed by atoms with van der Waals surface area (Å²) in [5, 5.41) is 9.19. The molecule has 1 heterocycles. The van der Waals surface area contributed by atoms with Crippen LogP contribution in [-0.2, 0) is 17.6 Å². The molecule has 0 spiro atoms. The molecule has 4 nitrogen and oxygen atoms in total. The quantitative estimate of drug-likeness (QED) is 0.900. The maximum Gasteiger partial charge on any atom is 0.303 e. The van der Waals surface area contributed by atoms with Crippen LogP contribution in [0.15, 0.2) is 6.07 Å². The first-order valence-corrected chi connectivity index (χ1v) is 5.83. The Morgan fingerprint density at radius 3 is 2.82 bits per heavy atom. The Bertz CT molecular complexity index is 456. The molecule has 1 aliphatic rings. The molecule has 0 saturated heterocycles. The molecule has 0 radical (unpaired) electrons. The van der Waals surface area contributed by atoms with E-state index < -0.39 is 5.97 Å². The van der Waals surface area contributed by atoms with Gasteiger partial charge in [-0.2, -0.15) is 0 Å². The third-order valence-corrected chi connectivity index (χ3v) is 3.03. The predicted octanol–water partition coefficient (Wildman–Crippen LogP) is 2.65. The number of carboxylic acids is 1. The molecular formula is C12H13ClO4. The van der Waals surface area contributed by atoms with Crippen LogP contribution in [0.2, 0.25) is 5.02 Å². The van der Waals surface area contributed by atoms with Crippen LogP contribution in [-0.4, -0.2) is 17.9 Å². The van der Waals surface area contributed by atoms with E-state index in [1.165, 1.54) is 0 Å². The molecular weight excluding hydrogens is 244 g/mol. The van der Waals surface area contributed by atoms with Crippen molar-refractivity contribution >= 4 is 17.6 Å². The minimum Gasteiger partial charge on any atom is -0.481 e. The van der Waals surface area contributed by atoms with Gasteiger partial charge in [0.15, 0.2) is 11.5 Å². The van der Waals surface area contributed by atoms with E-state index in [0.717, 1.165) is 17.5 Å². The fourth-order valence-corrected chi connectivity index (χ4v) is 2.26. The Morgan fingerprint density at radius 2 is 2.18 bits per heavy atom. The van der Waals surface area contributed by atoms with Gasteiger partial charge in [-0.05, 0) is 24.5 Å². The summed E-state index contributed by atoms with van der Waals surface area (Å²) >= 11 is 6.07. The molecule has 0 aromatic heterocycles. The van der Waals surface area contributed by atoms with Crippen molar-refractivity contribution < 1.29 is 19.4 Å². The maximum absolute atomic E-state index is 10.6. The van der Waals surface area contributed by atoms with Crippen molar-refractivity contribution in [2.45, 2.75) is 26.2 Å². The zero-order valence-electron chi connectivity index (χ0n) is 9.46. The standard InChI is InChI=1S/C12H13ClO4/c1-2-8-7(3-4-10(14)15)5-9(13)12-11(8)16-6-17-12/h5H,2-4,6H2,1H3,(H,14,15). The number of aliphatic carboxylic acids is 1. The van der Waals surface area contributed by atoms with E-state index in [1.807, 2.05) is 6.92 Å². The summed E-state index contributed by atoms with van der Waals surface area (Å²) in [6.45, 7) is 2.17. The normalized spacial score (nSPS) is 12.8. The monoisotopic (exact) mass is 256 g/mol. The summed E-state index contributed by atoms with van der Waals surface area (Å²) in [5.74, 6) is 0.420. The lowest BCUT2D eigenvalue weighted by molar-refractivity contribution is -0.136. The van der Waals surface area contributed by atoms with Crippen molar-refractivity contribution in [3.63, 3.8) is 0 Å². The van der Waals surface area contributed by atoms with E-state index in [0.29, 0.717) is 22.9 Å². The fourth-order valence-electron chi connectivity index (χ4n) is 1.98. The van der Waals surface area contributed by atoms with Gasteiger partial charge in [-0.1, -0.05) is 18.5 Å². The lowest BCUT2D eigenvalue weighted by Gasteiger charge is -2.11. The molecule has 17 heavy (non-hydrogen) atoms. The van der Waals surface area contributed by atoms with Crippen LogP contribution in [0.4, 0.5) is 0 Å². The Morgan fingerprint density at radius 1 is 1.47 bits per heavy atom. The van der Waals surface area contributed by atoms with Gasteiger partial charge in [0.05, 0.1) is 5.02 Å². The molecule has 92 valence electrons. The molecule has 0 saturated carbocycles. The number of halogens is 1. The van der Waals surface area contributed by atoms with Crippen LogP contribution in [0.1, 0.15) is 24.5 Å². The number of benzene rings is 1. The van der Waals surface area contributed by atoms with Gasteiger partial charge in [-0.15, -0.1) is 0 Å². The highest BCUT2D eigenvalue weighted by molar-refractivity contribution is 6.32. The molecule has 1 aromatic rings. The topological polar surface area (TPSA) is 55.8 Å². The second-order valence-corrected chi connectivity index (χ2v) is 4.22. The van der Waals surface area contributed by atoms with Gasteiger partial charge in [-0.3, -0.25) is 4.79 Å². The van der Waals surface area contributed by atoms with E-state index in [9.17, 15) is 4.79 Å². The summed E-state index contributed by atoms with van der Waals surface area (Å²) in [5.41, 5.74) is 1.91. The highest BCUT2D eigenvalue weighted by atomic mass is 35.5. The number of carboxylic acid groups (broad SMARTS) is 1. The van der Waals surface area contributed by atoms with Crippen LogP contribution in [0, 0.1) is 0 Å². The molecule has 5 heteroatoms. The minimum atomic E-state index is -0.819. The summed E-state index contributed by atoms with van der Waals surface area (Å²) in [6, 6.07) is 1.77. The number of carbonyl (C=O) groups is 1. The Kier molecular flexibility index (Phi) is 3.43. The lowest BCUT2D eigenvalue weighted by atomic mass is 9.99. The van der Waals surface area contributed by atoms with Crippen LogP contribution in [0.3, 0.4) is 0 Å². The maximum atomic E-state index is 10.6. The Balaban J connectivity index is 2.38. The minimum absolute atomic E-state index is 0.0863. The van der Waals surface area contributed by atoms with E-state index in [-0.39, 0.29) is 13.2 Å². The SMILES string of the molecule is CCc1c(CCC(=O)O)cc(Cl)c2c1OCO2. The number of rotatable bonds is 4. The molecule has 0 fully saturated rings. The fraction of sp³-hybridized carbons (Fsp3) is 0.417. The van der Waals surface area contributed by atoms with Crippen LogP contribution in [0.5, 0.6) is 11.5 Å². The van der Waals surface area contributed by atoms with Crippen LogP contribution in [0.25, 0.3) is 0 Å². The third kappa shape index (κ3) is 2.31. The summed E-state index contributed by atoms with van der Waals surface area (Å²) < 4.78 is 10.7. The average Bonchev–Trinajstić information content (AvgIpc) is 2.76. The van der Waals surface area contributed by atoms with Gasteiger partial charge >= 0.3 is 5.97 Å². The first-order chi connectivity index (χ1) is 8.13. The second kappa shape index (κ2) is 4.84. The Labute approximate surface area is 104 Å². The smallest absolute Gasteiger partial charge is 0.303 e. The van der Waals surface area contributed by atoms with Crippen LogP contribution >= 0.6 is 11.6 Å². The summed E-state index contributed by atoms with van der Waals surface area (Å²) in [6.07, 6.45) is 1.30. The molecule has 1 N–H and O–H groups in total. The molecule has 2 rings (SSSR count). The molecule has 0 atom stereocenters. The van der Waals surface area contributed by atoms with Gasteiger partial charge < -0.3 is 14.6 Å². The van der Waals surface area contributed by atoms with Gasteiger partial charge in [0.1, 0.15) is 0 Å². The van der Waals surface area contributed by atoms with E-state index in [1.54, 1.807) is 6.07 Å². The molecule has 0 bridgehead atoms. The number of hydrogen-bond donors (Lipinski definition) is 1. The van der Waals surface area contributed by atoms with Crippen molar-refractivity contribution in [3.05, 3.63) is 22.2 Å². The molecule has 1 aliphatic heterocycles. The zero-order valence-corrected chi connectivity index (χ0v) is 10.2. The van der Waals surface area contributed by atoms with Gasteiger partial charge in [0, 0.05) is 12.0 Å². The van der Waals surface area contributed by atoms with E-state index in [4.69, 9.17) is 26.2 Å². The molecule has 0 aliphatic carbocycles. The van der Waals surface area contributed by atoms with Gasteiger partial charge in [0.25, 0.3) is 0 Å². The van der Waals surface area contributed by atoms with Crippen molar-refractivity contribution in [3.8, 4) is 11.5 Å². The highest BCUT2D eigenvalue weighted by Crippen LogP contribution is 2.43. The first-order valence-electron chi connectivity index (χ1n) is 5.45. The second-order valence-electron chi connectivity index (χ2n) is 3.81. The predicted molar refractivity (Wildman–Crippen MR) is 62.9 cm³/mol. The molecule has 0 amide bonds. The number of fused-ring (bicyclic) bond motifs is 1. The van der Waals surface area contributed by atoms with Gasteiger partial charge in [-0.25, -0.2) is 0 Å².